The van der Waals surface area contributed by atoms with Crippen LogP contribution in [0.4, 0.5) is 0 Å². The molecule has 1 saturated heterocycles. The predicted molar refractivity (Wildman–Crippen MR) is 115 cm³/mol. The molecule has 0 spiro atoms. The first kappa shape index (κ1) is 20.4. The van der Waals surface area contributed by atoms with Crippen LogP contribution in [0.5, 0.6) is 5.75 Å². The largest absolute Gasteiger partial charge is 0.481 e. The maximum atomic E-state index is 12.0. The molecule has 0 aromatic heterocycles. The molecule has 28 heavy (non-hydrogen) atoms. The summed E-state index contributed by atoms with van der Waals surface area (Å²) in [7, 11) is 0. The van der Waals surface area contributed by atoms with Crippen LogP contribution in [0.25, 0.3) is 6.08 Å². The van der Waals surface area contributed by atoms with Gasteiger partial charge in [0.05, 0.1) is 16.4 Å². The number of carbonyl (C=O) groups excluding carboxylic acids is 2. The van der Waals surface area contributed by atoms with Gasteiger partial charge in [0.25, 0.3) is 5.91 Å². The predicted octanol–water partition coefficient (Wildman–Crippen LogP) is 4.27. The molecule has 0 bridgehead atoms. The minimum absolute atomic E-state index is 0.147. The molecule has 0 saturated carbocycles. The molecule has 0 aliphatic carbocycles. The summed E-state index contributed by atoms with van der Waals surface area (Å²) in [6.45, 7) is 1.92. The molecule has 1 heterocycles. The zero-order chi connectivity index (χ0) is 19.9. The van der Waals surface area contributed by atoms with Gasteiger partial charge in [-0.25, -0.2) is 4.79 Å². The smallest absolute Gasteiger partial charge is 0.344 e. The number of thioether (sulfide) groups is 1. The van der Waals surface area contributed by atoms with E-state index < -0.39 is 5.97 Å². The standard InChI is InChI=1S/C20H17NO4S3/c1-2-24-18(22)12-25-14-8-4-6-10-16(14)27-15-9-5-3-7-13(15)11-17-19(23)21-20(26)28-17/h3-11H,2,12H2,1H3,(H,21,23,26). The molecule has 1 aliphatic heterocycles. The number of benzene rings is 2. The summed E-state index contributed by atoms with van der Waals surface area (Å²) in [4.78, 5) is 25.9. The lowest BCUT2D eigenvalue weighted by molar-refractivity contribution is -0.145. The fourth-order valence-electron chi connectivity index (χ4n) is 2.37. The number of rotatable bonds is 7. The van der Waals surface area contributed by atoms with Crippen LogP contribution in [0, 0.1) is 0 Å². The van der Waals surface area contributed by atoms with E-state index in [2.05, 4.69) is 5.32 Å². The summed E-state index contributed by atoms with van der Waals surface area (Å²) in [6, 6.07) is 15.2. The van der Waals surface area contributed by atoms with Crippen LogP contribution in [0.15, 0.2) is 63.2 Å². The number of thiocarbonyl (C=S) groups is 1. The molecule has 144 valence electrons. The summed E-state index contributed by atoms with van der Waals surface area (Å²) in [5.74, 6) is -0.00202. The van der Waals surface area contributed by atoms with E-state index in [1.54, 1.807) is 13.0 Å². The van der Waals surface area contributed by atoms with Crippen molar-refractivity contribution in [1.82, 2.24) is 5.32 Å². The van der Waals surface area contributed by atoms with Crippen LogP contribution in [0.2, 0.25) is 0 Å². The molecule has 1 aliphatic rings. The van der Waals surface area contributed by atoms with Crippen molar-refractivity contribution in [2.45, 2.75) is 16.7 Å². The molecule has 2 aromatic carbocycles. The average molecular weight is 432 g/mol. The maximum absolute atomic E-state index is 12.0. The molecule has 0 unspecified atom stereocenters. The van der Waals surface area contributed by atoms with Gasteiger partial charge in [0.1, 0.15) is 10.1 Å². The van der Waals surface area contributed by atoms with Crippen molar-refractivity contribution in [1.29, 1.82) is 0 Å². The molecule has 0 atom stereocenters. The van der Waals surface area contributed by atoms with Crippen LogP contribution < -0.4 is 10.1 Å². The Morgan fingerprint density at radius 2 is 1.89 bits per heavy atom. The van der Waals surface area contributed by atoms with Crippen molar-refractivity contribution in [3.63, 3.8) is 0 Å². The monoisotopic (exact) mass is 431 g/mol. The molecule has 8 heteroatoms. The summed E-state index contributed by atoms with van der Waals surface area (Å²) in [6.07, 6.45) is 1.82. The zero-order valence-corrected chi connectivity index (χ0v) is 17.4. The number of esters is 1. The number of nitrogens with one attached hydrogen (secondary N) is 1. The lowest BCUT2D eigenvalue weighted by Gasteiger charge is -2.12. The Morgan fingerprint density at radius 3 is 2.61 bits per heavy atom. The molecule has 1 N–H and O–H groups in total. The summed E-state index contributed by atoms with van der Waals surface area (Å²) < 4.78 is 11.0. The normalized spacial score (nSPS) is 14.8. The van der Waals surface area contributed by atoms with Gasteiger partial charge in [-0.3, -0.25) is 4.79 Å². The third-order valence-electron chi connectivity index (χ3n) is 3.57. The van der Waals surface area contributed by atoms with E-state index in [-0.39, 0.29) is 12.5 Å². The number of amides is 1. The third kappa shape index (κ3) is 5.37. The fourth-order valence-corrected chi connectivity index (χ4v) is 4.40. The van der Waals surface area contributed by atoms with Crippen LogP contribution >= 0.6 is 35.7 Å². The molecule has 5 nitrogen and oxygen atoms in total. The first-order valence-electron chi connectivity index (χ1n) is 8.46. The van der Waals surface area contributed by atoms with E-state index in [4.69, 9.17) is 21.7 Å². The van der Waals surface area contributed by atoms with Gasteiger partial charge in [-0.1, -0.05) is 66.1 Å². The molecule has 2 aromatic rings. The first-order valence-corrected chi connectivity index (χ1v) is 10.5. The van der Waals surface area contributed by atoms with Crippen molar-refractivity contribution in [3.8, 4) is 5.75 Å². The minimum Gasteiger partial charge on any atom is -0.481 e. The van der Waals surface area contributed by atoms with Gasteiger partial charge in [0.15, 0.2) is 6.61 Å². The molecule has 1 amide bonds. The third-order valence-corrected chi connectivity index (χ3v) is 5.88. The van der Waals surface area contributed by atoms with Gasteiger partial charge in [-0.15, -0.1) is 0 Å². The highest BCUT2D eigenvalue weighted by molar-refractivity contribution is 8.26. The number of hydrogen-bond donors (Lipinski definition) is 1. The lowest BCUT2D eigenvalue weighted by atomic mass is 10.2. The van der Waals surface area contributed by atoms with Crippen molar-refractivity contribution < 1.29 is 19.1 Å². The highest BCUT2D eigenvalue weighted by Crippen LogP contribution is 2.38. The molecule has 0 radical (unpaired) electrons. The Bertz CT molecular complexity index is 943. The van der Waals surface area contributed by atoms with Gasteiger partial charge in [0, 0.05) is 4.90 Å². The fraction of sp³-hybridized carbons (Fsp3) is 0.150. The maximum Gasteiger partial charge on any atom is 0.344 e. The number of para-hydroxylation sites is 1. The number of carbonyl (C=O) groups is 2. The molecular weight excluding hydrogens is 414 g/mol. The number of hydrogen-bond acceptors (Lipinski definition) is 7. The Kier molecular flexibility index (Phi) is 7.13. The summed E-state index contributed by atoms with van der Waals surface area (Å²) in [5, 5.41) is 2.62. The summed E-state index contributed by atoms with van der Waals surface area (Å²) >= 11 is 7.79. The second-order valence-corrected chi connectivity index (χ2v) is 8.34. The Hall–Kier alpha value is -2.29. The quantitative estimate of drug-likeness (QED) is 0.399. The first-order chi connectivity index (χ1) is 13.6. The zero-order valence-electron chi connectivity index (χ0n) is 15.0. The lowest BCUT2D eigenvalue weighted by Crippen LogP contribution is -2.17. The second-order valence-electron chi connectivity index (χ2n) is 5.53. The highest BCUT2D eigenvalue weighted by Gasteiger charge is 2.22. The van der Waals surface area contributed by atoms with Crippen molar-refractivity contribution >= 4 is 58.0 Å². The van der Waals surface area contributed by atoms with E-state index in [1.165, 1.54) is 23.5 Å². The SMILES string of the molecule is CCOC(=O)COc1ccccc1Sc1ccccc1C=C1SC(=S)NC1=O. The second kappa shape index (κ2) is 9.77. The van der Waals surface area contributed by atoms with Gasteiger partial charge in [0.2, 0.25) is 0 Å². The molecular formula is C20H17NO4S3. The minimum atomic E-state index is -0.410. The van der Waals surface area contributed by atoms with E-state index >= 15 is 0 Å². The number of ether oxygens (including phenoxy) is 2. The van der Waals surface area contributed by atoms with Gasteiger partial charge in [-0.2, -0.15) is 0 Å². The topological polar surface area (TPSA) is 64.6 Å². The van der Waals surface area contributed by atoms with Gasteiger partial charge in [-0.05, 0) is 36.8 Å². The van der Waals surface area contributed by atoms with Gasteiger partial charge >= 0.3 is 5.97 Å². The van der Waals surface area contributed by atoms with E-state index in [1.807, 2.05) is 48.5 Å². The summed E-state index contributed by atoms with van der Waals surface area (Å²) in [5.41, 5.74) is 0.898. The van der Waals surface area contributed by atoms with E-state index in [9.17, 15) is 9.59 Å². The highest BCUT2D eigenvalue weighted by atomic mass is 32.2. The molecule has 1 fully saturated rings. The molecule has 3 rings (SSSR count). The van der Waals surface area contributed by atoms with Crippen molar-refractivity contribution in [3.05, 3.63) is 59.0 Å². The van der Waals surface area contributed by atoms with E-state index in [0.717, 1.165) is 15.4 Å². The van der Waals surface area contributed by atoms with Crippen LogP contribution in [-0.2, 0) is 14.3 Å². The van der Waals surface area contributed by atoms with Crippen LogP contribution in [0.3, 0.4) is 0 Å². The van der Waals surface area contributed by atoms with Gasteiger partial charge < -0.3 is 14.8 Å². The average Bonchev–Trinajstić information content (AvgIpc) is 3.00. The van der Waals surface area contributed by atoms with E-state index in [0.29, 0.717) is 21.6 Å². The van der Waals surface area contributed by atoms with Crippen molar-refractivity contribution in [2.75, 3.05) is 13.2 Å². The van der Waals surface area contributed by atoms with Crippen LogP contribution in [-0.4, -0.2) is 29.4 Å². The van der Waals surface area contributed by atoms with Crippen molar-refractivity contribution in [2.24, 2.45) is 0 Å². The van der Waals surface area contributed by atoms with Crippen LogP contribution in [0.1, 0.15) is 12.5 Å². The Morgan fingerprint density at radius 1 is 1.18 bits per heavy atom. The Balaban J connectivity index is 1.82. The Labute approximate surface area is 176 Å².